The number of halogens is 1. The van der Waals surface area contributed by atoms with E-state index in [0.29, 0.717) is 5.25 Å². The van der Waals surface area contributed by atoms with Crippen molar-refractivity contribution in [2.75, 3.05) is 0 Å². The SMILES string of the molecule is CC(C)SC1=CC(=O)OC1Cl. The number of thioether (sulfide) groups is 1. The molecule has 0 aromatic heterocycles. The molecule has 0 amide bonds. The lowest BCUT2D eigenvalue weighted by atomic mass is 10.5. The largest absolute Gasteiger partial charge is 0.438 e. The molecule has 1 heterocycles. The Hall–Kier alpha value is -0.150. The molecule has 11 heavy (non-hydrogen) atoms. The first-order chi connectivity index (χ1) is 5.09. The Kier molecular flexibility index (Phi) is 2.84. The standard InChI is InChI=1S/C7H9ClO2S/c1-4(2)11-5-3-6(9)10-7(5)8/h3-4,7H,1-2H3. The fourth-order valence-corrected chi connectivity index (χ4v) is 1.90. The summed E-state index contributed by atoms with van der Waals surface area (Å²) in [5, 5.41) is 0.428. The van der Waals surface area contributed by atoms with Crippen LogP contribution >= 0.6 is 23.4 Å². The van der Waals surface area contributed by atoms with Crippen molar-refractivity contribution >= 4 is 29.3 Å². The lowest BCUT2D eigenvalue weighted by Crippen LogP contribution is -2.02. The molecular weight excluding hydrogens is 184 g/mol. The molecule has 1 aliphatic rings. The van der Waals surface area contributed by atoms with Gasteiger partial charge in [-0.05, 0) is 0 Å². The van der Waals surface area contributed by atoms with Crippen LogP contribution in [-0.2, 0) is 9.53 Å². The molecule has 1 aliphatic heterocycles. The summed E-state index contributed by atoms with van der Waals surface area (Å²) in [5.74, 6) is -0.340. The summed E-state index contributed by atoms with van der Waals surface area (Å²) in [7, 11) is 0. The minimum absolute atomic E-state index is 0.340. The summed E-state index contributed by atoms with van der Waals surface area (Å²) >= 11 is 7.24. The first-order valence-electron chi connectivity index (χ1n) is 3.32. The summed E-state index contributed by atoms with van der Waals surface area (Å²) in [6.45, 7) is 4.08. The molecule has 0 spiro atoms. The summed E-state index contributed by atoms with van der Waals surface area (Å²) in [6, 6.07) is 0. The molecule has 4 heteroatoms. The van der Waals surface area contributed by atoms with E-state index in [9.17, 15) is 4.79 Å². The number of hydrogen-bond donors (Lipinski definition) is 0. The monoisotopic (exact) mass is 192 g/mol. The van der Waals surface area contributed by atoms with Crippen molar-refractivity contribution in [2.45, 2.75) is 24.7 Å². The third-order valence-corrected chi connectivity index (χ3v) is 2.60. The van der Waals surface area contributed by atoms with Crippen molar-refractivity contribution in [2.24, 2.45) is 0 Å². The maximum Gasteiger partial charge on any atom is 0.333 e. The van der Waals surface area contributed by atoms with Crippen molar-refractivity contribution in [1.82, 2.24) is 0 Å². The number of ether oxygens (including phenoxy) is 1. The predicted molar refractivity (Wildman–Crippen MR) is 46.5 cm³/mol. The van der Waals surface area contributed by atoms with E-state index in [1.807, 2.05) is 13.8 Å². The molecule has 0 aromatic carbocycles. The maximum absolute atomic E-state index is 10.6. The highest BCUT2D eigenvalue weighted by molar-refractivity contribution is 8.03. The van der Waals surface area contributed by atoms with Gasteiger partial charge in [-0.1, -0.05) is 25.4 Å². The smallest absolute Gasteiger partial charge is 0.333 e. The molecular formula is C7H9ClO2S. The molecule has 62 valence electrons. The number of esters is 1. The summed E-state index contributed by atoms with van der Waals surface area (Å²) in [4.78, 5) is 11.5. The fraction of sp³-hybridized carbons (Fsp3) is 0.571. The minimum atomic E-state index is -0.560. The number of hydrogen-bond acceptors (Lipinski definition) is 3. The van der Waals surface area contributed by atoms with Crippen LogP contribution in [0.3, 0.4) is 0 Å². The molecule has 0 saturated carbocycles. The van der Waals surface area contributed by atoms with Crippen LogP contribution < -0.4 is 0 Å². The third kappa shape index (κ3) is 2.42. The van der Waals surface area contributed by atoms with E-state index in [2.05, 4.69) is 4.74 Å². The summed E-state index contributed by atoms with van der Waals surface area (Å²) in [6.07, 6.45) is 1.45. The second kappa shape index (κ2) is 3.50. The van der Waals surface area contributed by atoms with Gasteiger partial charge in [0.2, 0.25) is 5.56 Å². The van der Waals surface area contributed by atoms with Crippen LogP contribution in [0.1, 0.15) is 13.8 Å². The van der Waals surface area contributed by atoms with Crippen molar-refractivity contribution in [3.05, 3.63) is 11.0 Å². The van der Waals surface area contributed by atoms with Gasteiger partial charge in [-0.3, -0.25) is 0 Å². The van der Waals surface area contributed by atoms with Crippen molar-refractivity contribution in [3.8, 4) is 0 Å². The van der Waals surface area contributed by atoms with Crippen molar-refractivity contribution in [1.29, 1.82) is 0 Å². The van der Waals surface area contributed by atoms with Crippen LogP contribution in [0.5, 0.6) is 0 Å². The number of carbonyl (C=O) groups is 1. The zero-order valence-corrected chi connectivity index (χ0v) is 7.91. The third-order valence-electron chi connectivity index (χ3n) is 1.08. The Bertz CT molecular complexity index is 201. The van der Waals surface area contributed by atoms with E-state index >= 15 is 0 Å². The second-order valence-electron chi connectivity index (χ2n) is 2.47. The average molecular weight is 193 g/mol. The van der Waals surface area contributed by atoms with Gasteiger partial charge in [-0.2, -0.15) is 0 Å². The highest BCUT2D eigenvalue weighted by Crippen LogP contribution is 2.31. The predicted octanol–water partition coefficient (Wildman–Crippen LogP) is 2.13. The molecule has 0 aromatic rings. The quantitative estimate of drug-likeness (QED) is 0.495. The van der Waals surface area contributed by atoms with Gasteiger partial charge in [-0.15, -0.1) is 11.8 Å². The fourth-order valence-electron chi connectivity index (χ4n) is 0.735. The first-order valence-corrected chi connectivity index (χ1v) is 4.64. The average Bonchev–Trinajstić information content (AvgIpc) is 2.09. The Morgan fingerprint density at radius 3 is 2.73 bits per heavy atom. The van der Waals surface area contributed by atoms with Crippen LogP contribution in [0.15, 0.2) is 11.0 Å². The molecule has 2 nitrogen and oxygen atoms in total. The Balaban J connectivity index is 2.57. The molecule has 0 fully saturated rings. The van der Waals surface area contributed by atoms with Gasteiger partial charge >= 0.3 is 5.97 Å². The van der Waals surface area contributed by atoms with Crippen LogP contribution in [0.4, 0.5) is 0 Å². The van der Waals surface area contributed by atoms with Gasteiger partial charge in [0, 0.05) is 16.2 Å². The molecule has 0 aliphatic carbocycles. The number of rotatable bonds is 2. The van der Waals surface area contributed by atoms with Gasteiger partial charge in [0.1, 0.15) is 0 Å². The normalized spacial score (nSPS) is 23.8. The van der Waals surface area contributed by atoms with Gasteiger partial charge in [0.05, 0.1) is 0 Å². The minimum Gasteiger partial charge on any atom is -0.438 e. The highest BCUT2D eigenvalue weighted by atomic mass is 35.5. The molecule has 0 saturated heterocycles. The molecule has 0 N–H and O–H groups in total. The number of alkyl halides is 1. The van der Waals surface area contributed by atoms with Gasteiger partial charge in [0.15, 0.2) is 0 Å². The molecule has 0 bridgehead atoms. The van der Waals surface area contributed by atoms with Gasteiger partial charge in [0.25, 0.3) is 0 Å². The topological polar surface area (TPSA) is 26.3 Å². The van der Waals surface area contributed by atoms with Crippen LogP contribution in [0.25, 0.3) is 0 Å². The van der Waals surface area contributed by atoms with Crippen molar-refractivity contribution < 1.29 is 9.53 Å². The van der Waals surface area contributed by atoms with E-state index in [4.69, 9.17) is 11.6 Å². The Labute approximate surface area is 74.9 Å². The highest BCUT2D eigenvalue weighted by Gasteiger charge is 2.24. The molecule has 1 atom stereocenters. The Morgan fingerprint density at radius 2 is 2.36 bits per heavy atom. The van der Waals surface area contributed by atoms with E-state index in [-0.39, 0.29) is 5.97 Å². The molecule has 1 rings (SSSR count). The van der Waals surface area contributed by atoms with Gasteiger partial charge in [-0.25, -0.2) is 4.79 Å². The lowest BCUT2D eigenvalue weighted by molar-refractivity contribution is -0.136. The first kappa shape index (κ1) is 8.94. The number of carbonyl (C=O) groups excluding carboxylic acids is 1. The van der Waals surface area contributed by atoms with E-state index in [1.165, 1.54) is 6.08 Å². The zero-order chi connectivity index (χ0) is 8.43. The van der Waals surface area contributed by atoms with Gasteiger partial charge < -0.3 is 4.74 Å². The van der Waals surface area contributed by atoms with Crippen molar-refractivity contribution in [3.63, 3.8) is 0 Å². The van der Waals surface area contributed by atoms with E-state index in [0.717, 1.165) is 4.91 Å². The second-order valence-corrected chi connectivity index (χ2v) is 4.51. The lowest BCUT2D eigenvalue weighted by Gasteiger charge is -2.07. The molecule has 1 unspecified atom stereocenters. The summed E-state index contributed by atoms with van der Waals surface area (Å²) < 4.78 is 4.69. The van der Waals surface area contributed by atoms with E-state index < -0.39 is 5.56 Å². The van der Waals surface area contributed by atoms with Crippen LogP contribution in [-0.4, -0.2) is 16.8 Å². The van der Waals surface area contributed by atoms with Crippen LogP contribution in [0, 0.1) is 0 Å². The van der Waals surface area contributed by atoms with Crippen LogP contribution in [0.2, 0.25) is 0 Å². The molecule has 0 radical (unpaired) electrons. The summed E-state index contributed by atoms with van der Waals surface area (Å²) in [5.41, 5.74) is -0.560. The number of cyclic esters (lactones) is 1. The zero-order valence-electron chi connectivity index (χ0n) is 6.33. The Morgan fingerprint density at radius 1 is 1.73 bits per heavy atom. The maximum atomic E-state index is 10.6. The van der Waals surface area contributed by atoms with E-state index in [1.54, 1.807) is 11.8 Å².